The molecule has 0 radical (unpaired) electrons. The molecule has 2 heterocycles. The molecule has 1 aromatic heterocycles. The Bertz CT molecular complexity index is 1510. The summed E-state index contributed by atoms with van der Waals surface area (Å²) in [6.45, 7) is 2.99. The molecular weight excluding hydrogens is 438 g/mol. The van der Waals surface area contributed by atoms with Crippen LogP contribution >= 0.6 is 0 Å². The summed E-state index contributed by atoms with van der Waals surface area (Å²) in [6.07, 6.45) is 4.19. The smallest absolute Gasteiger partial charge is 0.265 e. The van der Waals surface area contributed by atoms with Crippen molar-refractivity contribution >= 4 is 40.1 Å². The van der Waals surface area contributed by atoms with Gasteiger partial charge in [0.25, 0.3) is 11.8 Å². The second-order valence-electron chi connectivity index (χ2n) is 8.18. The highest BCUT2D eigenvalue weighted by Crippen LogP contribution is 2.35. The number of nitriles is 1. The fourth-order valence-electron chi connectivity index (χ4n) is 4.49. The van der Waals surface area contributed by atoms with E-state index < -0.39 is 0 Å². The average Bonchev–Trinajstić information content (AvgIpc) is 3.24. The number of anilines is 1. The van der Waals surface area contributed by atoms with Crippen molar-refractivity contribution in [2.24, 2.45) is 0 Å². The minimum atomic E-state index is -0.383. The summed E-state index contributed by atoms with van der Waals surface area (Å²) >= 11 is 0. The number of hydrogen-bond acceptors (Lipinski definition) is 4. The van der Waals surface area contributed by atoms with Crippen LogP contribution in [0.15, 0.2) is 79.0 Å². The molecule has 0 saturated heterocycles. The summed E-state index contributed by atoms with van der Waals surface area (Å²) in [4.78, 5) is 28.4. The van der Waals surface area contributed by atoms with E-state index in [1.165, 1.54) is 4.90 Å². The highest BCUT2D eigenvalue weighted by molar-refractivity contribution is 6.43. The van der Waals surface area contributed by atoms with Gasteiger partial charge in [0.15, 0.2) is 0 Å². The average molecular weight is 462 g/mol. The molecule has 0 unspecified atom stereocenters. The van der Waals surface area contributed by atoms with Crippen LogP contribution in [0.2, 0.25) is 0 Å². The van der Waals surface area contributed by atoms with Crippen molar-refractivity contribution in [1.82, 2.24) is 4.57 Å². The maximum absolute atomic E-state index is 13.8. The molecule has 0 atom stereocenters. The number of fused-ring (bicyclic) bond motifs is 2. The first-order chi connectivity index (χ1) is 17.1. The van der Waals surface area contributed by atoms with Crippen LogP contribution in [0.5, 0.6) is 5.75 Å². The van der Waals surface area contributed by atoms with Crippen molar-refractivity contribution in [2.45, 2.75) is 19.9 Å². The van der Waals surface area contributed by atoms with Crippen LogP contribution in [0, 0.1) is 11.3 Å². The van der Waals surface area contributed by atoms with Crippen molar-refractivity contribution in [2.75, 3.05) is 11.5 Å². The number of aryl methyl sites for hydroxylation is 1. The van der Waals surface area contributed by atoms with Gasteiger partial charge >= 0.3 is 0 Å². The first kappa shape index (κ1) is 22.2. The molecule has 0 saturated carbocycles. The fourth-order valence-corrected chi connectivity index (χ4v) is 4.49. The quantitative estimate of drug-likeness (QED) is 0.273. The van der Waals surface area contributed by atoms with Crippen molar-refractivity contribution in [3.63, 3.8) is 0 Å². The molecule has 4 aromatic rings. The van der Waals surface area contributed by atoms with E-state index in [2.05, 4.69) is 6.07 Å². The molecule has 5 rings (SSSR count). The minimum absolute atomic E-state index is 0.358. The predicted molar refractivity (Wildman–Crippen MR) is 136 cm³/mol. The van der Waals surface area contributed by atoms with E-state index in [1.54, 1.807) is 42.5 Å². The number of imide groups is 1. The highest BCUT2D eigenvalue weighted by atomic mass is 16.5. The Morgan fingerprint density at radius 1 is 0.914 bits per heavy atom. The van der Waals surface area contributed by atoms with Crippen molar-refractivity contribution in [3.8, 4) is 11.8 Å². The van der Waals surface area contributed by atoms with Gasteiger partial charge in [0.05, 0.1) is 24.8 Å². The maximum Gasteiger partial charge on any atom is 0.265 e. The van der Waals surface area contributed by atoms with Gasteiger partial charge in [-0.05, 0) is 55.0 Å². The van der Waals surface area contributed by atoms with E-state index in [-0.39, 0.29) is 11.8 Å². The van der Waals surface area contributed by atoms with E-state index in [0.29, 0.717) is 47.7 Å². The monoisotopic (exact) mass is 461 g/mol. The van der Waals surface area contributed by atoms with E-state index in [0.717, 1.165) is 16.5 Å². The lowest BCUT2D eigenvalue weighted by Crippen LogP contribution is -2.41. The van der Waals surface area contributed by atoms with Gasteiger partial charge < -0.3 is 9.30 Å². The lowest BCUT2D eigenvalue weighted by Gasteiger charge is -2.28. The largest absolute Gasteiger partial charge is 0.494 e. The molecule has 0 bridgehead atoms. The SMILES string of the molecule is CCOc1ccc(N2C(=O)/C(=C/c3cn(CCC#N)c4ccccc34)c3ccccc3C2=O)cc1. The molecule has 0 fully saturated rings. The van der Waals surface area contributed by atoms with Crippen LogP contribution in [0.3, 0.4) is 0 Å². The third-order valence-electron chi connectivity index (χ3n) is 6.07. The minimum Gasteiger partial charge on any atom is -0.494 e. The third kappa shape index (κ3) is 3.98. The second-order valence-corrected chi connectivity index (χ2v) is 8.18. The van der Waals surface area contributed by atoms with E-state index in [1.807, 2.05) is 54.1 Å². The summed E-state index contributed by atoms with van der Waals surface area (Å²) in [5.74, 6) is -0.0652. The van der Waals surface area contributed by atoms with Gasteiger partial charge in [-0.15, -0.1) is 0 Å². The van der Waals surface area contributed by atoms with Gasteiger partial charge in [-0.1, -0.05) is 36.4 Å². The number of carbonyl (C=O) groups excluding carboxylic acids is 2. The lowest BCUT2D eigenvalue weighted by molar-refractivity contribution is -0.112. The first-order valence-electron chi connectivity index (χ1n) is 11.5. The molecule has 3 aromatic carbocycles. The summed E-state index contributed by atoms with van der Waals surface area (Å²) in [5, 5.41) is 10.0. The van der Waals surface area contributed by atoms with Gasteiger partial charge in [-0.3, -0.25) is 9.59 Å². The first-order valence-corrected chi connectivity index (χ1v) is 11.5. The highest BCUT2D eigenvalue weighted by Gasteiger charge is 2.35. The molecule has 6 nitrogen and oxygen atoms in total. The van der Waals surface area contributed by atoms with Crippen molar-refractivity contribution in [3.05, 3.63) is 95.7 Å². The molecule has 1 aliphatic heterocycles. The number of nitrogens with zero attached hydrogens (tertiary/aromatic N) is 3. The maximum atomic E-state index is 13.8. The Hall–Kier alpha value is -4.63. The Kier molecular flexibility index (Phi) is 5.90. The molecule has 35 heavy (non-hydrogen) atoms. The number of para-hydroxylation sites is 1. The lowest BCUT2D eigenvalue weighted by atomic mass is 9.91. The molecule has 0 N–H and O–H groups in total. The van der Waals surface area contributed by atoms with E-state index in [9.17, 15) is 9.59 Å². The number of hydrogen-bond donors (Lipinski definition) is 0. The number of carbonyl (C=O) groups is 2. The van der Waals surface area contributed by atoms with Crippen LogP contribution < -0.4 is 9.64 Å². The standard InChI is InChI=1S/C29H23N3O3/c1-2-35-22-14-12-21(13-15-22)32-28(33)25-10-4-3-9-24(25)26(29(32)34)18-20-19-31(17-7-16-30)27-11-6-5-8-23(20)27/h3-6,8-15,18-19H,2,7,17H2,1H3/b26-18+. The fraction of sp³-hybridized carbons (Fsp3) is 0.138. The zero-order valence-electron chi connectivity index (χ0n) is 19.3. The summed E-state index contributed by atoms with van der Waals surface area (Å²) < 4.78 is 7.53. The Morgan fingerprint density at radius 2 is 1.63 bits per heavy atom. The third-order valence-corrected chi connectivity index (χ3v) is 6.07. The van der Waals surface area contributed by atoms with Crippen molar-refractivity contribution in [1.29, 1.82) is 5.26 Å². The normalized spacial score (nSPS) is 14.3. The number of rotatable bonds is 6. The molecular formula is C29H23N3O3. The Labute approximate surface area is 203 Å². The van der Waals surface area contributed by atoms with Gasteiger partial charge in [-0.2, -0.15) is 5.26 Å². The van der Waals surface area contributed by atoms with E-state index >= 15 is 0 Å². The van der Waals surface area contributed by atoms with Crippen LogP contribution in [-0.2, 0) is 11.3 Å². The molecule has 0 aliphatic carbocycles. The van der Waals surface area contributed by atoms with Crippen LogP contribution in [-0.4, -0.2) is 23.0 Å². The zero-order chi connectivity index (χ0) is 24.4. The van der Waals surface area contributed by atoms with Gasteiger partial charge in [0.1, 0.15) is 5.75 Å². The predicted octanol–water partition coefficient (Wildman–Crippen LogP) is 5.68. The molecule has 172 valence electrons. The number of ether oxygens (including phenoxy) is 1. The second kappa shape index (κ2) is 9.32. The summed E-state index contributed by atoms with van der Waals surface area (Å²) in [7, 11) is 0. The number of aromatic nitrogens is 1. The van der Waals surface area contributed by atoms with Crippen LogP contribution in [0.1, 0.15) is 34.8 Å². The molecule has 2 amide bonds. The van der Waals surface area contributed by atoms with Crippen molar-refractivity contribution < 1.29 is 14.3 Å². The van der Waals surface area contributed by atoms with E-state index in [4.69, 9.17) is 10.00 Å². The Morgan fingerprint density at radius 3 is 2.37 bits per heavy atom. The molecule has 0 spiro atoms. The molecule has 6 heteroatoms. The summed E-state index contributed by atoms with van der Waals surface area (Å²) in [5.41, 5.74) is 3.86. The Balaban J connectivity index is 1.65. The zero-order valence-corrected chi connectivity index (χ0v) is 19.3. The molecule has 1 aliphatic rings. The van der Waals surface area contributed by atoms with Gasteiger partial charge in [0, 0.05) is 40.3 Å². The topological polar surface area (TPSA) is 75.3 Å². The van der Waals surface area contributed by atoms with Crippen LogP contribution in [0.25, 0.3) is 22.6 Å². The van der Waals surface area contributed by atoms with Crippen LogP contribution in [0.4, 0.5) is 5.69 Å². The number of benzene rings is 3. The van der Waals surface area contributed by atoms with Gasteiger partial charge in [0.2, 0.25) is 0 Å². The van der Waals surface area contributed by atoms with Gasteiger partial charge in [-0.25, -0.2) is 4.90 Å². The number of amides is 2. The summed E-state index contributed by atoms with van der Waals surface area (Å²) in [6, 6.07) is 24.2.